The predicted octanol–water partition coefficient (Wildman–Crippen LogP) is 7.14. The number of ketones is 1. The first kappa shape index (κ1) is 44.1. The van der Waals surface area contributed by atoms with Gasteiger partial charge in [-0.15, -0.1) is 0 Å². The van der Waals surface area contributed by atoms with Crippen LogP contribution in [0.5, 0.6) is 0 Å². The number of carbonyl (C=O) groups is 4. The molecule has 0 unspecified atom stereocenters. The second-order valence-electron chi connectivity index (χ2n) is 14.0. The number of amides is 4. The molecule has 0 saturated carbocycles. The fourth-order valence-corrected chi connectivity index (χ4v) is 7.03. The van der Waals surface area contributed by atoms with E-state index < -0.39 is 0 Å². The van der Waals surface area contributed by atoms with Crippen LogP contribution in [0.1, 0.15) is 45.7 Å². The number of carbonyl (C=O) groups excluding carboxylic acids is 4. The fraction of sp³-hybridized carbons (Fsp3) is 0.364. The Hall–Kier alpha value is -4.98. The number of nitrogens with zero attached hydrogens (tertiary/aromatic N) is 6. The van der Waals surface area contributed by atoms with Crippen LogP contribution in [0.25, 0.3) is 0 Å². The van der Waals surface area contributed by atoms with Crippen LogP contribution in [0.15, 0.2) is 97.1 Å². The number of halogens is 2. The van der Waals surface area contributed by atoms with Gasteiger partial charge in [-0.1, -0.05) is 73.4 Å². The van der Waals surface area contributed by atoms with E-state index >= 15 is 0 Å². The van der Waals surface area contributed by atoms with Gasteiger partial charge in [0.2, 0.25) is 0 Å². The number of likely N-dealkylation sites (N-methyl/N-ethyl adjacent to an activating group) is 2. The van der Waals surface area contributed by atoms with Crippen LogP contribution in [0.4, 0.5) is 21.0 Å². The maximum atomic E-state index is 13.3. The minimum absolute atomic E-state index is 0.0154. The second-order valence-corrected chi connectivity index (χ2v) is 14.9. The Morgan fingerprint density at radius 3 is 1.26 bits per heavy atom. The van der Waals surface area contributed by atoms with Gasteiger partial charge in [0.05, 0.1) is 32.3 Å². The van der Waals surface area contributed by atoms with E-state index in [9.17, 15) is 19.2 Å². The van der Waals surface area contributed by atoms with Gasteiger partial charge in [0, 0.05) is 79.3 Å². The lowest BCUT2D eigenvalue weighted by Crippen LogP contribution is -2.52. The lowest BCUT2D eigenvalue weighted by Gasteiger charge is -2.37. The Labute approximate surface area is 351 Å². The van der Waals surface area contributed by atoms with Crippen LogP contribution in [0.2, 0.25) is 10.0 Å². The van der Waals surface area contributed by atoms with Crippen molar-refractivity contribution in [1.29, 1.82) is 0 Å². The zero-order chi connectivity index (χ0) is 41.6. The maximum absolute atomic E-state index is 13.3. The van der Waals surface area contributed by atoms with Crippen LogP contribution >= 0.6 is 23.2 Å². The molecule has 4 aromatic carbocycles. The summed E-state index contributed by atoms with van der Waals surface area (Å²) in [4.78, 5) is 62.1. The monoisotopic (exact) mass is 829 g/mol. The molecule has 2 aliphatic rings. The number of nitrogens with two attached hydrogens (primary N) is 1. The Bertz CT molecular complexity index is 1810. The predicted molar refractivity (Wildman–Crippen MR) is 231 cm³/mol. The van der Waals surface area contributed by atoms with Crippen molar-refractivity contribution in [1.82, 2.24) is 19.6 Å². The van der Waals surface area contributed by atoms with Crippen LogP contribution in [0, 0.1) is 0 Å². The summed E-state index contributed by atoms with van der Waals surface area (Å²) >= 11 is 12.1. The third kappa shape index (κ3) is 12.0. The Morgan fingerprint density at radius 1 is 0.569 bits per heavy atom. The van der Waals surface area contributed by atoms with Crippen molar-refractivity contribution >= 4 is 58.4 Å². The van der Waals surface area contributed by atoms with E-state index in [1.54, 1.807) is 58.3 Å². The van der Waals surface area contributed by atoms with Crippen molar-refractivity contribution in [2.24, 2.45) is 5.73 Å². The molecule has 2 aliphatic heterocycles. The van der Waals surface area contributed by atoms with Gasteiger partial charge in [-0.05, 0) is 84.9 Å². The molecule has 58 heavy (non-hydrogen) atoms. The largest absolute Gasteiger partial charge is 0.465 e. The minimum Gasteiger partial charge on any atom is -0.465 e. The van der Waals surface area contributed by atoms with Gasteiger partial charge in [0.25, 0.3) is 0 Å². The first-order valence-electron chi connectivity index (χ1n) is 19.6. The smallest absolute Gasteiger partial charge is 0.337 e. The highest BCUT2D eigenvalue weighted by atomic mass is 35.5. The number of anilines is 2. The average molecular weight is 831 g/mol. The first-order valence-corrected chi connectivity index (χ1v) is 20.4. The van der Waals surface area contributed by atoms with Crippen LogP contribution < -0.4 is 15.5 Å². The van der Waals surface area contributed by atoms with E-state index in [0.717, 1.165) is 61.8 Å². The van der Waals surface area contributed by atoms with E-state index in [0.29, 0.717) is 60.4 Å². The zero-order valence-corrected chi connectivity index (χ0v) is 35.0. The number of esters is 1. The average Bonchev–Trinajstić information content (AvgIpc) is 3.27. The van der Waals surface area contributed by atoms with E-state index in [-0.39, 0.29) is 30.4 Å². The van der Waals surface area contributed by atoms with Crippen LogP contribution in [-0.4, -0.2) is 123 Å². The van der Waals surface area contributed by atoms with Gasteiger partial charge in [0.15, 0.2) is 5.78 Å². The summed E-state index contributed by atoms with van der Waals surface area (Å²) in [6.45, 7) is 13.4. The zero-order valence-electron chi connectivity index (χ0n) is 33.5. The molecule has 0 bridgehead atoms. The number of benzene rings is 4. The lowest BCUT2D eigenvalue weighted by molar-refractivity contribution is 0.0600. The van der Waals surface area contributed by atoms with Crippen molar-refractivity contribution in [3.63, 3.8) is 0 Å². The van der Waals surface area contributed by atoms with Crippen LogP contribution in [-0.2, 0) is 17.8 Å². The molecular weight excluding hydrogens is 777 g/mol. The third-order valence-corrected chi connectivity index (χ3v) is 10.9. The molecule has 4 amide bonds. The Kier molecular flexibility index (Phi) is 16.5. The normalized spacial score (nSPS) is 14.6. The fourth-order valence-electron chi connectivity index (χ4n) is 6.78. The molecule has 0 aliphatic carbocycles. The van der Waals surface area contributed by atoms with Gasteiger partial charge < -0.3 is 30.1 Å². The Balaban J connectivity index is 0.000000221. The number of piperazine rings is 2. The molecule has 308 valence electrons. The lowest BCUT2D eigenvalue weighted by atomic mass is 10.1. The van der Waals surface area contributed by atoms with Gasteiger partial charge in [-0.25, -0.2) is 14.4 Å². The number of methoxy groups -OCH3 is 1. The highest BCUT2D eigenvalue weighted by Crippen LogP contribution is 2.25. The van der Waals surface area contributed by atoms with Gasteiger partial charge in [-0.2, -0.15) is 0 Å². The number of Topliss-reactive ketones (excluding diaryl/α,β-unsaturated/α-hetero) is 1. The van der Waals surface area contributed by atoms with Gasteiger partial charge >= 0.3 is 18.0 Å². The van der Waals surface area contributed by atoms with E-state index in [1.807, 2.05) is 58.3 Å². The summed E-state index contributed by atoms with van der Waals surface area (Å²) in [5.74, 6) is -0.480. The molecule has 2 heterocycles. The summed E-state index contributed by atoms with van der Waals surface area (Å²) in [6, 6.07) is 28.9. The van der Waals surface area contributed by atoms with Gasteiger partial charge in [-0.3, -0.25) is 14.6 Å². The van der Waals surface area contributed by atoms with Crippen molar-refractivity contribution in [3.05, 3.63) is 129 Å². The van der Waals surface area contributed by atoms with Crippen molar-refractivity contribution in [2.45, 2.75) is 26.9 Å². The second kappa shape index (κ2) is 21.7. The standard InChI is InChI=1S/C22H27ClN4O2.C22H26ClN3O3/c1-2-25-11-13-26(14-12-25)22(29)27(20-9-7-19(23)8-10-20)16-17-3-5-18(6-4-17)21(28)15-24;1-3-24-12-14-25(15-13-24)22(28)26(20-10-8-19(23)9-11-20)16-17-4-6-18(7-5-17)21(27)29-2/h3-10H,2,11-16,24H2,1H3;4-11H,3,12-16H2,1-2H3. The molecular formula is C44H53Cl2N7O5. The molecule has 0 aromatic heterocycles. The van der Waals surface area contributed by atoms with Crippen molar-refractivity contribution < 1.29 is 23.9 Å². The molecule has 0 spiro atoms. The van der Waals surface area contributed by atoms with Crippen molar-refractivity contribution in [2.75, 3.05) is 88.9 Å². The summed E-state index contributed by atoms with van der Waals surface area (Å²) in [6.07, 6.45) is 0. The number of hydrogen-bond acceptors (Lipinski definition) is 8. The minimum atomic E-state index is -0.379. The number of ether oxygens (including phenoxy) is 1. The summed E-state index contributed by atoms with van der Waals surface area (Å²) in [5, 5.41) is 1.25. The summed E-state index contributed by atoms with van der Waals surface area (Å²) < 4.78 is 4.75. The number of rotatable bonds is 11. The Morgan fingerprint density at radius 2 is 0.931 bits per heavy atom. The van der Waals surface area contributed by atoms with E-state index in [1.165, 1.54) is 7.11 Å². The molecule has 4 aromatic rings. The van der Waals surface area contributed by atoms with Crippen molar-refractivity contribution in [3.8, 4) is 0 Å². The molecule has 0 radical (unpaired) electrons. The highest BCUT2D eigenvalue weighted by Gasteiger charge is 2.28. The number of urea groups is 2. The summed E-state index contributed by atoms with van der Waals surface area (Å²) in [7, 11) is 1.36. The quantitative estimate of drug-likeness (QED) is 0.125. The first-order chi connectivity index (χ1) is 28.0. The molecule has 2 fully saturated rings. The molecule has 2 N–H and O–H groups in total. The topological polar surface area (TPSA) is 123 Å². The molecule has 2 saturated heterocycles. The number of hydrogen-bond donors (Lipinski definition) is 1. The maximum Gasteiger partial charge on any atom is 0.337 e. The molecule has 6 rings (SSSR count). The van der Waals surface area contributed by atoms with E-state index in [2.05, 4.69) is 23.6 Å². The molecule has 0 atom stereocenters. The SMILES string of the molecule is CCN1CCN(C(=O)N(Cc2ccc(C(=O)CN)cc2)c2ccc(Cl)cc2)CC1.CCN1CCN(C(=O)N(Cc2ccc(C(=O)OC)cc2)c2ccc(Cl)cc2)CC1. The molecule has 14 heteroatoms. The van der Waals surface area contributed by atoms with Gasteiger partial charge in [0.1, 0.15) is 0 Å². The van der Waals surface area contributed by atoms with E-state index in [4.69, 9.17) is 33.7 Å². The summed E-state index contributed by atoms with van der Waals surface area (Å²) in [5.41, 5.74) is 9.93. The third-order valence-electron chi connectivity index (χ3n) is 10.4. The molecule has 12 nitrogen and oxygen atoms in total. The van der Waals surface area contributed by atoms with Crippen LogP contribution in [0.3, 0.4) is 0 Å². The highest BCUT2D eigenvalue weighted by molar-refractivity contribution is 6.31.